The first-order valence-electron chi connectivity index (χ1n) is 5.49. The highest BCUT2D eigenvalue weighted by Crippen LogP contribution is 2.26. The summed E-state index contributed by atoms with van der Waals surface area (Å²) in [5.41, 5.74) is 2.26. The number of para-hydroxylation sites is 1. The third-order valence-electron chi connectivity index (χ3n) is 2.58. The minimum absolute atomic E-state index is 0.103. The Hall–Kier alpha value is -1.61. The maximum atomic E-state index is 5.33. The number of methoxy groups -OCH3 is 1. The molecule has 1 aromatic heterocycles. The Balaban J connectivity index is 2.17. The van der Waals surface area contributed by atoms with Crippen LogP contribution in [-0.4, -0.2) is 13.3 Å². The SMILES string of the molecule is COc1ccccc1C(C)/N=C/c1ccsc1. The number of hydrogen-bond donors (Lipinski definition) is 0. The van der Waals surface area contributed by atoms with E-state index in [0.29, 0.717) is 0 Å². The molecule has 0 aliphatic heterocycles. The minimum atomic E-state index is 0.103. The lowest BCUT2D eigenvalue weighted by Gasteiger charge is -2.11. The van der Waals surface area contributed by atoms with Crippen LogP contribution in [0.25, 0.3) is 0 Å². The third kappa shape index (κ3) is 2.94. The summed E-state index contributed by atoms with van der Waals surface area (Å²) in [6.07, 6.45) is 1.91. The molecule has 0 bridgehead atoms. The summed E-state index contributed by atoms with van der Waals surface area (Å²) in [5, 5.41) is 4.13. The predicted molar refractivity (Wildman–Crippen MR) is 73.3 cm³/mol. The van der Waals surface area contributed by atoms with Gasteiger partial charge in [-0.05, 0) is 29.8 Å². The fraction of sp³-hybridized carbons (Fsp3) is 0.214. The molecule has 1 heterocycles. The van der Waals surface area contributed by atoms with Crippen molar-refractivity contribution >= 4 is 17.6 Å². The molecule has 0 saturated heterocycles. The van der Waals surface area contributed by atoms with Crippen molar-refractivity contribution in [1.82, 2.24) is 0 Å². The molecule has 0 radical (unpaired) electrons. The number of thiophene rings is 1. The van der Waals surface area contributed by atoms with Crippen molar-refractivity contribution in [1.29, 1.82) is 0 Å². The van der Waals surface area contributed by atoms with Gasteiger partial charge in [-0.25, -0.2) is 0 Å². The van der Waals surface area contributed by atoms with Gasteiger partial charge in [-0.1, -0.05) is 18.2 Å². The second kappa shape index (κ2) is 5.64. The van der Waals surface area contributed by atoms with Gasteiger partial charge in [0, 0.05) is 17.3 Å². The van der Waals surface area contributed by atoms with Crippen molar-refractivity contribution in [2.24, 2.45) is 4.99 Å². The number of nitrogens with zero attached hydrogens (tertiary/aromatic N) is 1. The van der Waals surface area contributed by atoms with Gasteiger partial charge in [0.2, 0.25) is 0 Å². The summed E-state index contributed by atoms with van der Waals surface area (Å²) in [6.45, 7) is 2.07. The lowest BCUT2D eigenvalue weighted by Crippen LogP contribution is -1.95. The van der Waals surface area contributed by atoms with Crippen LogP contribution in [-0.2, 0) is 0 Å². The molecule has 0 amide bonds. The molecule has 88 valence electrons. The molecule has 0 saturated carbocycles. The highest BCUT2D eigenvalue weighted by molar-refractivity contribution is 7.08. The molecule has 1 unspecified atom stereocenters. The monoisotopic (exact) mass is 245 g/mol. The molecule has 0 aliphatic rings. The molecule has 1 aromatic carbocycles. The Morgan fingerprint density at radius 3 is 2.82 bits per heavy atom. The lowest BCUT2D eigenvalue weighted by molar-refractivity contribution is 0.407. The summed E-state index contributed by atoms with van der Waals surface area (Å²) in [4.78, 5) is 4.55. The van der Waals surface area contributed by atoms with Crippen LogP contribution < -0.4 is 4.74 Å². The first-order valence-corrected chi connectivity index (χ1v) is 6.44. The first-order chi connectivity index (χ1) is 8.31. The fourth-order valence-electron chi connectivity index (χ4n) is 1.64. The van der Waals surface area contributed by atoms with Gasteiger partial charge in [-0.15, -0.1) is 0 Å². The van der Waals surface area contributed by atoms with E-state index < -0.39 is 0 Å². The average Bonchev–Trinajstić information content (AvgIpc) is 2.89. The number of hydrogen-bond acceptors (Lipinski definition) is 3. The van der Waals surface area contributed by atoms with E-state index in [0.717, 1.165) is 16.9 Å². The Morgan fingerprint density at radius 2 is 2.12 bits per heavy atom. The van der Waals surface area contributed by atoms with E-state index >= 15 is 0 Å². The summed E-state index contributed by atoms with van der Waals surface area (Å²) in [6, 6.07) is 10.2. The molecule has 2 nitrogen and oxygen atoms in total. The van der Waals surface area contributed by atoms with Crippen LogP contribution in [0.15, 0.2) is 46.1 Å². The van der Waals surface area contributed by atoms with Crippen molar-refractivity contribution < 1.29 is 4.74 Å². The van der Waals surface area contributed by atoms with Gasteiger partial charge in [0.15, 0.2) is 0 Å². The highest BCUT2D eigenvalue weighted by atomic mass is 32.1. The summed E-state index contributed by atoms with van der Waals surface area (Å²) in [7, 11) is 1.69. The van der Waals surface area contributed by atoms with E-state index in [4.69, 9.17) is 4.74 Å². The van der Waals surface area contributed by atoms with Crippen LogP contribution in [0.5, 0.6) is 5.75 Å². The number of ether oxygens (including phenoxy) is 1. The van der Waals surface area contributed by atoms with Crippen molar-refractivity contribution in [2.75, 3.05) is 7.11 Å². The van der Waals surface area contributed by atoms with Gasteiger partial charge < -0.3 is 4.74 Å². The Bertz CT molecular complexity index is 491. The lowest BCUT2D eigenvalue weighted by atomic mass is 10.1. The molecule has 2 rings (SSSR count). The topological polar surface area (TPSA) is 21.6 Å². The van der Waals surface area contributed by atoms with Gasteiger partial charge in [-0.3, -0.25) is 4.99 Å². The molecule has 3 heteroatoms. The zero-order chi connectivity index (χ0) is 12.1. The van der Waals surface area contributed by atoms with E-state index in [2.05, 4.69) is 34.8 Å². The van der Waals surface area contributed by atoms with Crippen LogP contribution in [0.2, 0.25) is 0 Å². The molecule has 0 aliphatic carbocycles. The molecule has 17 heavy (non-hydrogen) atoms. The van der Waals surface area contributed by atoms with Gasteiger partial charge in [0.1, 0.15) is 5.75 Å². The Labute approximate surface area is 106 Å². The summed E-state index contributed by atoms with van der Waals surface area (Å²) >= 11 is 1.68. The van der Waals surface area contributed by atoms with Gasteiger partial charge in [0.05, 0.1) is 13.2 Å². The van der Waals surface area contributed by atoms with E-state index in [9.17, 15) is 0 Å². The standard InChI is InChI=1S/C14H15NOS/c1-11(15-9-12-7-8-17-10-12)13-5-3-4-6-14(13)16-2/h3-11H,1-2H3/b15-9+. The third-order valence-corrected chi connectivity index (χ3v) is 3.28. The van der Waals surface area contributed by atoms with E-state index in [1.807, 2.05) is 24.4 Å². The van der Waals surface area contributed by atoms with Crippen LogP contribution in [0.4, 0.5) is 0 Å². The number of rotatable bonds is 4. The predicted octanol–water partition coefficient (Wildman–Crippen LogP) is 3.94. The molecule has 2 aromatic rings. The van der Waals surface area contributed by atoms with Crippen LogP contribution >= 0.6 is 11.3 Å². The fourth-order valence-corrected chi connectivity index (χ4v) is 2.25. The van der Waals surface area contributed by atoms with Crippen molar-refractivity contribution in [2.45, 2.75) is 13.0 Å². The van der Waals surface area contributed by atoms with Gasteiger partial charge in [-0.2, -0.15) is 11.3 Å². The van der Waals surface area contributed by atoms with Gasteiger partial charge >= 0.3 is 0 Å². The van der Waals surface area contributed by atoms with Crippen molar-refractivity contribution in [3.63, 3.8) is 0 Å². The quantitative estimate of drug-likeness (QED) is 0.748. The Kier molecular flexibility index (Phi) is 3.94. The molecule has 0 N–H and O–H groups in total. The van der Waals surface area contributed by atoms with Crippen molar-refractivity contribution in [3.8, 4) is 5.75 Å². The number of aliphatic imine (C=N–C) groups is 1. The maximum absolute atomic E-state index is 5.33. The average molecular weight is 245 g/mol. The zero-order valence-corrected chi connectivity index (χ0v) is 10.8. The molecule has 0 spiro atoms. The molecular formula is C14H15NOS. The van der Waals surface area contributed by atoms with Crippen LogP contribution in [0, 0.1) is 0 Å². The summed E-state index contributed by atoms with van der Waals surface area (Å²) in [5.74, 6) is 0.891. The largest absolute Gasteiger partial charge is 0.496 e. The molecule has 0 fully saturated rings. The van der Waals surface area contributed by atoms with E-state index in [-0.39, 0.29) is 6.04 Å². The second-order valence-corrected chi connectivity index (χ2v) is 4.53. The Morgan fingerprint density at radius 1 is 1.29 bits per heavy atom. The van der Waals surface area contributed by atoms with Gasteiger partial charge in [0.25, 0.3) is 0 Å². The maximum Gasteiger partial charge on any atom is 0.124 e. The molecular weight excluding hydrogens is 230 g/mol. The van der Waals surface area contributed by atoms with Crippen molar-refractivity contribution in [3.05, 3.63) is 52.2 Å². The van der Waals surface area contributed by atoms with Crippen LogP contribution in [0.1, 0.15) is 24.1 Å². The van der Waals surface area contributed by atoms with E-state index in [1.54, 1.807) is 18.4 Å². The minimum Gasteiger partial charge on any atom is -0.496 e. The zero-order valence-electron chi connectivity index (χ0n) is 9.96. The first kappa shape index (κ1) is 11.9. The normalized spacial score (nSPS) is 12.8. The summed E-state index contributed by atoms with van der Waals surface area (Å²) < 4.78 is 5.33. The smallest absolute Gasteiger partial charge is 0.124 e. The van der Waals surface area contributed by atoms with E-state index in [1.165, 1.54) is 0 Å². The highest BCUT2D eigenvalue weighted by Gasteiger charge is 2.08. The molecule has 1 atom stereocenters. The van der Waals surface area contributed by atoms with Crippen LogP contribution in [0.3, 0.4) is 0 Å². The number of benzene rings is 1. The second-order valence-electron chi connectivity index (χ2n) is 3.75.